The van der Waals surface area contributed by atoms with Crippen LogP contribution in [0.4, 0.5) is 0 Å². The van der Waals surface area contributed by atoms with Gasteiger partial charge >= 0.3 is 0 Å². The topological polar surface area (TPSA) is 42.4 Å². The lowest BCUT2D eigenvalue weighted by Gasteiger charge is -2.04. The molecule has 2 aromatic rings. The SMILES string of the molecule is COc1ccccc1-c1nc(C)c(CO)s1. The third-order valence-electron chi connectivity index (χ3n) is 2.37. The Labute approximate surface area is 98.4 Å². The lowest BCUT2D eigenvalue weighted by molar-refractivity contribution is 0.284. The van der Waals surface area contributed by atoms with Crippen LogP contribution in [0.25, 0.3) is 10.6 Å². The molecule has 84 valence electrons. The van der Waals surface area contributed by atoms with Crippen LogP contribution in [-0.2, 0) is 6.61 Å². The predicted molar refractivity (Wildman–Crippen MR) is 64.8 cm³/mol. The molecular formula is C12H13NO2S. The van der Waals surface area contributed by atoms with Crippen LogP contribution in [0.15, 0.2) is 24.3 Å². The van der Waals surface area contributed by atoms with Crippen molar-refractivity contribution in [3.63, 3.8) is 0 Å². The standard InChI is InChI=1S/C12H13NO2S/c1-8-11(7-14)16-12(13-8)9-5-3-4-6-10(9)15-2/h3-6,14H,7H2,1-2H3. The maximum Gasteiger partial charge on any atom is 0.129 e. The highest BCUT2D eigenvalue weighted by atomic mass is 32.1. The highest BCUT2D eigenvalue weighted by Gasteiger charge is 2.11. The second-order valence-electron chi connectivity index (χ2n) is 3.39. The first-order valence-electron chi connectivity index (χ1n) is 4.96. The lowest BCUT2D eigenvalue weighted by Crippen LogP contribution is -1.86. The van der Waals surface area contributed by atoms with E-state index in [1.165, 1.54) is 11.3 Å². The van der Waals surface area contributed by atoms with Crippen molar-refractivity contribution in [2.24, 2.45) is 0 Å². The number of aryl methyl sites for hydroxylation is 1. The minimum Gasteiger partial charge on any atom is -0.496 e. The number of thiazole rings is 1. The quantitative estimate of drug-likeness (QED) is 0.889. The van der Waals surface area contributed by atoms with Gasteiger partial charge in [-0.15, -0.1) is 11.3 Å². The summed E-state index contributed by atoms with van der Waals surface area (Å²) in [6.45, 7) is 1.94. The van der Waals surface area contributed by atoms with E-state index in [9.17, 15) is 0 Å². The smallest absolute Gasteiger partial charge is 0.129 e. The van der Waals surface area contributed by atoms with Gasteiger partial charge in [-0.3, -0.25) is 0 Å². The third-order valence-corrected chi connectivity index (χ3v) is 3.55. The van der Waals surface area contributed by atoms with Crippen LogP contribution < -0.4 is 4.74 Å². The molecule has 0 bridgehead atoms. The number of methoxy groups -OCH3 is 1. The van der Waals surface area contributed by atoms with Gasteiger partial charge in [-0.2, -0.15) is 0 Å². The summed E-state index contributed by atoms with van der Waals surface area (Å²) in [4.78, 5) is 5.34. The van der Waals surface area contributed by atoms with E-state index in [1.807, 2.05) is 31.2 Å². The largest absolute Gasteiger partial charge is 0.496 e. The number of nitrogens with zero attached hydrogens (tertiary/aromatic N) is 1. The van der Waals surface area contributed by atoms with Crippen molar-refractivity contribution in [1.29, 1.82) is 0 Å². The zero-order chi connectivity index (χ0) is 11.5. The molecule has 1 N–H and O–H groups in total. The number of hydrogen-bond acceptors (Lipinski definition) is 4. The van der Waals surface area contributed by atoms with Crippen LogP contribution in [0.3, 0.4) is 0 Å². The molecule has 4 heteroatoms. The Balaban J connectivity index is 2.49. The van der Waals surface area contributed by atoms with Crippen LogP contribution in [0.5, 0.6) is 5.75 Å². The minimum absolute atomic E-state index is 0.0403. The van der Waals surface area contributed by atoms with Crippen molar-refractivity contribution < 1.29 is 9.84 Å². The van der Waals surface area contributed by atoms with Crippen molar-refractivity contribution in [3.8, 4) is 16.3 Å². The predicted octanol–water partition coefficient (Wildman–Crippen LogP) is 2.62. The molecular weight excluding hydrogens is 222 g/mol. The highest BCUT2D eigenvalue weighted by Crippen LogP contribution is 2.33. The van der Waals surface area contributed by atoms with Gasteiger partial charge in [0, 0.05) is 0 Å². The van der Waals surface area contributed by atoms with Gasteiger partial charge in [0.1, 0.15) is 10.8 Å². The molecule has 0 unspecified atom stereocenters. The Kier molecular flexibility index (Phi) is 3.22. The van der Waals surface area contributed by atoms with Gasteiger partial charge in [-0.05, 0) is 19.1 Å². The zero-order valence-corrected chi connectivity index (χ0v) is 10.0. The van der Waals surface area contributed by atoms with Crippen molar-refractivity contribution in [1.82, 2.24) is 4.98 Å². The maximum atomic E-state index is 9.14. The van der Waals surface area contributed by atoms with E-state index in [2.05, 4.69) is 4.98 Å². The summed E-state index contributed by atoms with van der Waals surface area (Å²) in [5.41, 5.74) is 1.85. The second-order valence-corrected chi connectivity index (χ2v) is 4.47. The van der Waals surface area contributed by atoms with Crippen LogP contribution in [0.1, 0.15) is 10.6 Å². The van der Waals surface area contributed by atoms with E-state index in [1.54, 1.807) is 7.11 Å². The Morgan fingerprint density at radius 3 is 2.75 bits per heavy atom. The molecule has 0 fully saturated rings. The molecule has 0 saturated carbocycles. The van der Waals surface area contributed by atoms with E-state index in [0.717, 1.165) is 26.9 Å². The van der Waals surface area contributed by atoms with Gasteiger partial charge in [0.2, 0.25) is 0 Å². The van der Waals surface area contributed by atoms with Gasteiger partial charge in [0.15, 0.2) is 0 Å². The summed E-state index contributed by atoms with van der Waals surface area (Å²) < 4.78 is 5.29. The first-order valence-corrected chi connectivity index (χ1v) is 5.78. The summed E-state index contributed by atoms with van der Waals surface area (Å²) >= 11 is 1.50. The van der Waals surface area contributed by atoms with Gasteiger partial charge in [0.05, 0.1) is 29.9 Å². The molecule has 0 amide bonds. The first-order chi connectivity index (χ1) is 7.76. The number of aliphatic hydroxyl groups is 1. The Hall–Kier alpha value is -1.39. The van der Waals surface area contributed by atoms with E-state index >= 15 is 0 Å². The van der Waals surface area contributed by atoms with Crippen LogP contribution in [-0.4, -0.2) is 17.2 Å². The lowest BCUT2D eigenvalue weighted by atomic mass is 10.2. The summed E-state index contributed by atoms with van der Waals surface area (Å²) in [6, 6.07) is 7.76. The highest BCUT2D eigenvalue weighted by molar-refractivity contribution is 7.15. The number of ether oxygens (including phenoxy) is 1. The molecule has 0 saturated heterocycles. The monoisotopic (exact) mass is 235 g/mol. The number of aromatic nitrogens is 1. The Morgan fingerprint density at radius 2 is 2.12 bits per heavy atom. The molecule has 0 aliphatic rings. The molecule has 0 atom stereocenters. The van der Waals surface area contributed by atoms with Crippen molar-refractivity contribution in [2.45, 2.75) is 13.5 Å². The fourth-order valence-electron chi connectivity index (χ4n) is 1.51. The molecule has 0 aliphatic heterocycles. The zero-order valence-electron chi connectivity index (χ0n) is 9.23. The maximum absolute atomic E-state index is 9.14. The molecule has 0 spiro atoms. The summed E-state index contributed by atoms with van der Waals surface area (Å²) in [5, 5.41) is 10.0. The average Bonchev–Trinajstić information content (AvgIpc) is 2.70. The fourth-order valence-corrected chi connectivity index (χ4v) is 2.46. The van der Waals surface area contributed by atoms with E-state index in [-0.39, 0.29) is 6.61 Å². The average molecular weight is 235 g/mol. The van der Waals surface area contributed by atoms with Gasteiger partial charge in [-0.25, -0.2) is 4.98 Å². The van der Waals surface area contributed by atoms with E-state index < -0.39 is 0 Å². The normalized spacial score (nSPS) is 10.4. The molecule has 1 heterocycles. The summed E-state index contributed by atoms with van der Waals surface area (Å²) in [5.74, 6) is 0.806. The van der Waals surface area contributed by atoms with Gasteiger partial charge < -0.3 is 9.84 Å². The number of aliphatic hydroxyl groups excluding tert-OH is 1. The van der Waals surface area contributed by atoms with Gasteiger partial charge in [0.25, 0.3) is 0 Å². The number of benzene rings is 1. The number of para-hydroxylation sites is 1. The minimum atomic E-state index is 0.0403. The van der Waals surface area contributed by atoms with Crippen molar-refractivity contribution in [3.05, 3.63) is 34.8 Å². The molecule has 3 nitrogen and oxygen atoms in total. The molecule has 16 heavy (non-hydrogen) atoms. The number of hydrogen-bond donors (Lipinski definition) is 1. The molecule has 0 radical (unpaired) electrons. The Morgan fingerprint density at radius 1 is 1.38 bits per heavy atom. The van der Waals surface area contributed by atoms with Crippen LogP contribution in [0, 0.1) is 6.92 Å². The van der Waals surface area contributed by atoms with Gasteiger partial charge in [-0.1, -0.05) is 12.1 Å². The van der Waals surface area contributed by atoms with Crippen LogP contribution in [0.2, 0.25) is 0 Å². The Bertz CT molecular complexity index is 494. The van der Waals surface area contributed by atoms with E-state index in [0.29, 0.717) is 0 Å². The first kappa shape index (κ1) is 11.1. The molecule has 1 aromatic carbocycles. The third kappa shape index (κ3) is 1.94. The van der Waals surface area contributed by atoms with Crippen LogP contribution >= 0.6 is 11.3 Å². The molecule has 2 rings (SSSR count). The fraction of sp³-hybridized carbons (Fsp3) is 0.250. The summed E-state index contributed by atoms with van der Waals surface area (Å²) in [7, 11) is 1.65. The molecule has 1 aromatic heterocycles. The van der Waals surface area contributed by atoms with Crippen molar-refractivity contribution >= 4 is 11.3 Å². The summed E-state index contributed by atoms with van der Waals surface area (Å²) in [6.07, 6.45) is 0. The van der Waals surface area contributed by atoms with E-state index in [4.69, 9.17) is 9.84 Å². The second kappa shape index (κ2) is 4.63. The molecule has 0 aliphatic carbocycles. The number of rotatable bonds is 3. The van der Waals surface area contributed by atoms with Crippen molar-refractivity contribution in [2.75, 3.05) is 7.11 Å².